The molecule has 1 aromatic heterocycles. The molecule has 0 atom stereocenters. The van der Waals surface area contributed by atoms with Gasteiger partial charge in [0.25, 0.3) is 0 Å². The Morgan fingerprint density at radius 2 is 1.94 bits per heavy atom. The second kappa shape index (κ2) is 5.11. The third kappa shape index (κ3) is 3.02. The highest BCUT2D eigenvalue weighted by Crippen LogP contribution is 2.24. The second-order valence-electron chi connectivity index (χ2n) is 4.25. The van der Waals surface area contributed by atoms with E-state index in [1.807, 2.05) is 29.5 Å². The van der Waals surface area contributed by atoms with Crippen molar-refractivity contribution in [2.24, 2.45) is 0 Å². The summed E-state index contributed by atoms with van der Waals surface area (Å²) >= 11 is 7.79. The fourth-order valence-electron chi connectivity index (χ4n) is 1.87. The van der Waals surface area contributed by atoms with E-state index in [1.165, 1.54) is 20.9 Å². The Kier molecular flexibility index (Phi) is 3.75. The Morgan fingerprint density at radius 3 is 2.53 bits per heavy atom. The van der Waals surface area contributed by atoms with Crippen LogP contribution in [0.2, 0.25) is 5.02 Å². The van der Waals surface area contributed by atoms with Crippen LogP contribution < -0.4 is 5.32 Å². The van der Waals surface area contributed by atoms with Crippen LogP contribution >= 0.6 is 22.9 Å². The van der Waals surface area contributed by atoms with E-state index in [0.717, 1.165) is 17.3 Å². The van der Waals surface area contributed by atoms with Crippen LogP contribution in [0, 0.1) is 20.8 Å². The number of aryl methyl sites for hydroxylation is 3. The van der Waals surface area contributed by atoms with Crippen molar-refractivity contribution in [3.05, 3.63) is 50.2 Å². The van der Waals surface area contributed by atoms with E-state index in [1.54, 1.807) is 0 Å². The maximum absolute atomic E-state index is 5.94. The summed E-state index contributed by atoms with van der Waals surface area (Å²) in [5, 5.41) is 4.25. The van der Waals surface area contributed by atoms with Crippen molar-refractivity contribution in [1.82, 2.24) is 0 Å². The number of thiophene rings is 1. The fourth-order valence-corrected chi connectivity index (χ4v) is 3.05. The number of hydrogen-bond donors (Lipinski definition) is 1. The number of hydrogen-bond acceptors (Lipinski definition) is 2. The quantitative estimate of drug-likeness (QED) is 0.829. The molecule has 0 radical (unpaired) electrons. The summed E-state index contributed by atoms with van der Waals surface area (Å²) in [7, 11) is 0. The molecule has 0 aliphatic carbocycles. The molecule has 3 heteroatoms. The van der Waals surface area contributed by atoms with Gasteiger partial charge < -0.3 is 5.32 Å². The smallest absolute Gasteiger partial charge is 0.0411 e. The Balaban J connectivity index is 2.10. The van der Waals surface area contributed by atoms with E-state index in [9.17, 15) is 0 Å². The van der Waals surface area contributed by atoms with Gasteiger partial charge in [0.2, 0.25) is 0 Å². The number of rotatable bonds is 3. The second-order valence-corrected chi connectivity index (χ2v) is 6.15. The first kappa shape index (κ1) is 12.5. The molecule has 0 aliphatic heterocycles. The van der Waals surface area contributed by atoms with E-state index in [2.05, 4.69) is 32.2 Å². The van der Waals surface area contributed by atoms with Gasteiger partial charge >= 0.3 is 0 Å². The highest BCUT2D eigenvalue weighted by molar-refractivity contribution is 7.12. The lowest BCUT2D eigenvalue weighted by Crippen LogP contribution is -2.00. The van der Waals surface area contributed by atoms with Gasteiger partial charge in [0.05, 0.1) is 0 Å². The lowest BCUT2D eigenvalue weighted by molar-refractivity contribution is 1.13. The molecule has 0 spiro atoms. The number of halogens is 1. The molecule has 0 amide bonds. The third-order valence-corrected chi connectivity index (χ3v) is 4.04. The summed E-state index contributed by atoms with van der Waals surface area (Å²) in [4.78, 5) is 2.76. The molecule has 1 N–H and O–H groups in total. The molecule has 0 unspecified atom stereocenters. The van der Waals surface area contributed by atoms with Gasteiger partial charge in [-0.1, -0.05) is 11.6 Å². The molecule has 1 nitrogen and oxygen atoms in total. The Hall–Kier alpha value is -0.990. The molecule has 1 heterocycles. The van der Waals surface area contributed by atoms with Crippen LogP contribution in [0.3, 0.4) is 0 Å². The highest BCUT2D eigenvalue weighted by Gasteiger charge is 2.04. The van der Waals surface area contributed by atoms with Crippen molar-refractivity contribution in [2.75, 3.05) is 5.32 Å². The third-order valence-electron chi connectivity index (χ3n) is 2.80. The van der Waals surface area contributed by atoms with E-state index >= 15 is 0 Å². The van der Waals surface area contributed by atoms with Gasteiger partial charge in [0.1, 0.15) is 0 Å². The maximum Gasteiger partial charge on any atom is 0.0411 e. The van der Waals surface area contributed by atoms with Crippen LogP contribution in [0.4, 0.5) is 5.69 Å². The van der Waals surface area contributed by atoms with Crippen molar-refractivity contribution in [3.63, 3.8) is 0 Å². The molecule has 0 fully saturated rings. The number of benzene rings is 1. The molecule has 0 bridgehead atoms. The largest absolute Gasteiger partial charge is 0.381 e. The predicted octanol–water partition coefficient (Wildman–Crippen LogP) is 4.94. The minimum Gasteiger partial charge on any atom is -0.381 e. The molecule has 90 valence electrons. The summed E-state index contributed by atoms with van der Waals surface area (Å²) in [6.45, 7) is 7.26. The lowest BCUT2D eigenvalue weighted by atomic mass is 10.2. The average Bonchev–Trinajstić information content (AvgIpc) is 2.56. The molecule has 2 aromatic rings. The molecular weight excluding hydrogens is 250 g/mol. The summed E-state index contributed by atoms with van der Waals surface area (Å²) in [6.07, 6.45) is 0. The molecule has 1 aromatic carbocycles. The van der Waals surface area contributed by atoms with Gasteiger partial charge in [0, 0.05) is 27.0 Å². The van der Waals surface area contributed by atoms with Crippen LogP contribution in [0.25, 0.3) is 0 Å². The molecule has 0 aliphatic rings. The average molecular weight is 266 g/mol. The summed E-state index contributed by atoms with van der Waals surface area (Å²) in [5.74, 6) is 0. The first-order valence-corrected chi connectivity index (χ1v) is 6.81. The van der Waals surface area contributed by atoms with Gasteiger partial charge in [-0.15, -0.1) is 11.3 Å². The minimum atomic E-state index is 0.788. The van der Waals surface area contributed by atoms with Crippen LogP contribution in [0.1, 0.15) is 20.9 Å². The van der Waals surface area contributed by atoms with Crippen molar-refractivity contribution in [1.29, 1.82) is 0 Å². The topological polar surface area (TPSA) is 12.0 Å². The minimum absolute atomic E-state index is 0.788. The van der Waals surface area contributed by atoms with Gasteiger partial charge in [-0.3, -0.25) is 0 Å². The van der Waals surface area contributed by atoms with E-state index in [-0.39, 0.29) is 0 Å². The van der Waals surface area contributed by atoms with Crippen LogP contribution in [0.15, 0.2) is 24.3 Å². The van der Waals surface area contributed by atoms with Gasteiger partial charge in [0.15, 0.2) is 0 Å². The van der Waals surface area contributed by atoms with Gasteiger partial charge in [-0.25, -0.2) is 0 Å². The Labute approximate surface area is 111 Å². The standard InChI is InChI=1S/C14H16ClNS/c1-9-6-13(15)4-5-14(9)16-8-12-7-10(2)17-11(12)3/h4-7,16H,8H2,1-3H3. The number of nitrogens with one attached hydrogen (secondary N) is 1. The zero-order chi connectivity index (χ0) is 12.4. The Bertz CT molecular complexity index is 531. The molecule has 0 saturated heterocycles. The summed E-state index contributed by atoms with van der Waals surface area (Å²) in [5.41, 5.74) is 3.71. The maximum atomic E-state index is 5.94. The molecule has 0 saturated carbocycles. The van der Waals surface area contributed by atoms with E-state index in [0.29, 0.717) is 0 Å². The SMILES string of the molecule is Cc1cc(CNc2ccc(Cl)cc2C)c(C)s1. The number of anilines is 1. The monoisotopic (exact) mass is 265 g/mol. The summed E-state index contributed by atoms with van der Waals surface area (Å²) in [6, 6.07) is 8.18. The molecule has 17 heavy (non-hydrogen) atoms. The van der Waals surface area contributed by atoms with Crippen molar-refractivity contribution in [2.45, 2.75) is 27.3 Å². The van der Waals surface area contributed by atoms with Crippen molar-refractivity contribution < 1.29 is 0 Å². The van der Waals surface area contributed by atoms with Gasteiger partial charge in [-0.05, 0) is 56.2 Å². The van der Waals surface area contributed by atoms with E-state index in [4.69, 9.17) is 11.6 Å². The molecule has 2 rings (SSSR count). The van der Waals surface area contributed by atoms with Crippen LogP contribution in [-0.4, -0.2) is 0 Å². The van der Waals surface area contributed by atoms with Crippen LogP contribution in [0.5, 0.6) is 0 Å². The van der Waals surface area contributed by atoms with E-state index < -0.39 is 0 Å². The molecular formula is C14H16ClNS. The normalized spacial score (nSPS) is 10.6. The zero-order valence-electron chi connectivity index (χ0n) is 10.3. The first-order valence-electron chi connectivity index (χ1n) is 5.62. The Morgan fingerprint density at radius 1 is 1.18 bits per heavy atom. The van der Waals surface area contributed by atoms with Crippen LogP contribution in [-0.2, 0) is 6.54 Å². The first-order chi connectivity index (χ1) is 8.06. The fraction of sp³-hybridized carbons (Fsp3) is 0.286. The van der Waals surface area contributed by atoms with Gasteiger partial charge in [-0.2, -0.15) is 0 Å². The predicted molar refractivity (Wildman–Crippen MR) is 77.3 cm³/mol. The highest BCUT2D eigenvalue weighted by atomic mass is 35.5. The van der Waals surface area contributed by atoms with Crippen molar-refractivity contribution >= 4 is 28.6 Å². The summed E-state index contributed by atoms with van der Waals surface area (Å²) < 4.78 is 0. The zero-order valence-corrected chi connectivity index (χ0v) is 11.9. The lowest BCUT2D eigenvalue weighted by Gasteiger charge is -2.09. The van der Waals surface area contributed by atoms with Crippen molar-refractivity contribution in [3.8, 4) is 0 Å².